The van der Waals surface area contributed by atoms with Gasteiger partial charge in [-0.1, -0.05) is 6.07 Å². The van der Waals surface area contributed by atoms with Crippen LogP contribution in [0.3, 0.4) is 0 Å². The van der Waals surface area contributed by atoms with Crippen molar-refractivity contribution in [3.05, 3.63) is 50.1 Å². The van der Waals surface area contributed by atoms with Gasteiger partial charge >= 0.3 is 0 Å². The molecule has 17 heavy (non-hydrogen) atoms. The zero-order valence-corrected chi connectivity index (χ0v) is 11.4. The summed E-state index contributed by atoms with van der Waals surface area (Å²) in [6.45, 7) is 0.749. The molecule has 0 spiro atoms. The lowest BCUT2D eigenvalue weighted by Crippen LogP contribution is -1.97. The summed E-state index contributed by atoms with van der Waals surface area (Å²) in [5, 5.41) is 12.3. The Morgan fingerprint density at radius 1 is 1.35 bits per heavy atom. The van der Waals surface area contributed by atoms with Gasteiger partial charge in [-0.15, -0.1) is 11.3 Å². The molecular formula is C13H11BrO2S. The summed E-state index contributed by atoms with van der Waals surface area (Å²) < 4.78 is 6.47. The van der Waals surface area contributed by atoms with E-state index in [9.17, 15) is 5.11 Å². The predicted molar refractivity (Wildman–Crippen MR) is 71.7 cm³/mol. The number of hydrogen-bond donors (Lipinski definition) is 1. The van der Waals surface area contributed by atoms with Gasteiger partial charge in [0.15, 0.2) is 0 Å². The highest BCUT2D eigenvalue weighted by molar-refractivity contribution is 9.10. The molecule has 2 heterocycles. The molecular weight excluding hydrogens is 300 g/mol. The van der Waals surface area contributed by atoms with Crippen LogP contribution < -0.4 is 4.74 Å². The van der Waals surface area contributed by atoms with Crippen molar-refractivity contribution in [2.45, 2.75) is 12.5 Å². The zero-order chi connectivity index (χ0) is 11.8. The molecule has 1 aliphatic rings. The first-order valence-electron chi connectivity index (χ1n) is 5.41. The Labute approximate surface area is 112 Å². The molecule has 4 heteroatoms. The second-order valence-corrected chi connectivity index (χ2v) is 5.89. The number of rotatable bonds is 2. The molecule has 1 aliphatic heterocycles. The molecule has 1 aromatic carbocycles. The minimum Gasteiger partial charge on any atom is -0.493 e. The van der Waals surface area contributed by atoms with Crippen LogP contribution in [0.25, 0.3) is 0 Å². The number of halogens is 1. The Morgan fingerprint density at radius 3 is 3.00 bits per heavy atom. The van der Waals surface area contributed by atoms with E-state index < -0.39 is 6.10 Å². The molecule has 0 saturated heterocycles. The Kier molecular flexibility index (Phi) is 2.94. The van der Waals surface area contributed by atoms with E-state index in [1.807, 2.05) is 29.6 Å². The zero-order valence-electron chi connectivity index (χ0n) is 9.02. The average molecular weight is 311 g/mol. The Balaban J connectivity index is 1.94. The maximum atomic E-state index is 10.3. The van der Waals surface area contributed by atoms with E-state index in [1.165, 1.54) is 5.56 Å². The van der Waals surface area contributed by atoms with Crippen molar-refractivity contribution >= 4 is 27.3 Å². The third-order valence-electron chi connectivity index (χ3n) is 2.89. The lowest BCUT2D eigenvalue weighted by Gasteiger charge is -2.10. The summed E-state index contributed by atoms with van der Waals surface area (Å²) in [5.74, 6) is 0.952. The third-order valence-corrected chi connectivity index (χ3v) is 4.63. The number of hydrogen-bond acceptors (Lipinski definition) is 3. The van der Waals surface area contributed by atoms with Crippen molar-refractivity contribution in [3.63, 3.8) is 0 Å². The monoisotopic (exact) mass is 310 g/mol. The van der Waals surface area contributed by atoms with Gasteiger partial charge in [0.1, 0.15) is 11.9 Å². The normalized spacial score (nSPS) is 15.4. The standard InChI is InChI=1S/C13H11BrO2S/c14-10-6-12(17-7-10)13(15)9-1-2-11-8(5-9)3-4-16-11/h1-2,5-7,13,15H,3-4H2. The van der Waals surface area contributed by atoms with Gasteiger partial charge in [-0.05, 0) is 45.3 Å². The SMILES string of the molecule is OC(c1ccc2c(c1)CCO2)c1cc(Br)cs1. The first-order chi connectivity index (χ1) is 8.24. The molecule has 1 N–H and O–H groups in total. The van der Waals surface area contributed by atoms with E-state index in [2.05, 4.69) is 15.9 Å². The second kappa shape index (κ2) is 4.44. The number of thiophene rings is 1. The first kappa shape index (κ1) is 11.3. The van der Waals surface area contributed by atoms with Crippen LogP contribution in [-0.2, 0) is 6.42 Å². The summed E-state index contributed by atoms with van der Waals surface area (Å²) in [6.07, 6.45) is 0.390. The van der Waals surface area contributed by atoms with Crippen molar-refractivity contribution in [1.82, 2.24) is 0 Å². The fraction of sp³-hybridized carbons (Fsp3) is 0.231. The average Bonchev–Trinajstić information content (AvgIpc) is 2.95. The lowest BCUT2D eigenvalue weighted by atomic mass is 10.0. The highest BCUT2D eigenvalue weighted by Crippen LogP contribution is 2.33. The molecule has 88 valence electrons. The van der Waals surface area contributed by atoms with Gasteiger partial charge in [0, 0.05) is 21.2 Å². The molecule has 0 aliphatic carbocycles. The topological polar surface area (TPSA) is 29.5 Å². The van der Waals surface area contributed by atoms with Crippen molar-refractivity contribution in [2.75, 3.05) is 6.61 Å². The van der Waals surface area contributed by atoms with Crippen LogP contribution in [0.15, 0.2) is 34.1 Å². The number of aliphatic hydroxyl groups excluding tert-OH is 1. The smallest absolute Gasteiger partial charge is 0.122 e. The Bertz CT molecular complexity index is 550. The maximum Gasteiger partial charge on any atom is 0.122 e. The van der Waals surface area contributed by atoms with Crippen molar-refractivity contribution in [2.24, 2.45) is 0 Å². The summed E-state index contributed by atoms with van der Waals surface area (Å²) in [6, 6.07) is 7.88. The van der Waals surface area contributed by atoms with E-state index in [0.717, 1.165) is 33.7 Å². The van der Waals surface area contributed by atoms with Crippen LogP contribution in [-0.4, -0.2) is 11.7 Å². The van der Waals surface area contributed by atoms with Crippen LogP contribution in [0.1, 0.15) is 22.1 Å². The number of fused-ring (bicyclic) bond motifs is 1. The minimum atomic E-state index is -0.544. The molecule has 0 radical (unpaired) electrons. The largest absolute Gasteiger partial charge is 0.493 e. The quantitative estimate of drug-likeness (QED) is 0.919. The van der Waals surface area contributed by atoms with E-state index in [-0.39, 0.29) is 0 Å². The number of ether oxygens (including phenoxy) is 1. The van der Waals surface area contributed by atoms with Crippen LogP contribution in [0.4, 0.5) is 0 Å². The molecule has 1 atom stereocenters. The summed E-state index contributed by atoms with van der Waals surface area (Å²) >= 11 is 4.96. The minimum absolute atomic E-state index is 0.544. The highest BCUT2D eigenvalue weighted by atomic mass is 79.9. The highest BCUT2D eigenvalue weighted by Gasteiger charge is 2.17. The van der Waals surface area contributed by atoms with Gasteiger partial charge in [0.05, 0.1) is 6.61 Å². The Morgan fingerprint density at radius 2 is 2.24 bits per heavy atom. The Hall–Kier alpha value is -0.840. The molecule has 0 fully saturated rings. The van der Waals surface area contributed by atoms with Gasteiger partial charge in [-0.2, -0.15) is 0 Å². The van der Waals surface area contributed by atoms with Gasteiger partial charge < -0.3 is 9.84 Å². The van der Waals surface area contributed by atoms with Crippen molar-refractivity contribution in [1.29, 1.82) is 0 Å². The van der Waals surface area contributed by atoms with Gasteiger partial charge in [0.25, 0.3) is 0 Å². The van der Waals surface area contributed by atoms with Crippen LogP contribution in [0.5, 0.6) is 5.75 Å². The predicted octanol–water partition coefficient (Wildman–Crippen LogP) is 3.53. The second-order valence-electron chi connectivity index (χ2n) is 4.04. The van der Waals surface area contributed by atoms with Crippen molar-refractivity contribution in [3.8, 4) is 5.75 Å². The van der Waals surface area contributed by atoms with Crippen LogP contribution in [0.2, 0.25) is 0 Å². The number of aliphatic hydroxyl groups is 1. The van der Waals surface area contributed by atoms with Crippen LogP contribution in [0, 0.1) is 0 Å². The third kappa shape index (κ3) is 2.12. The van der Waals surface area contributed by atoms with E-state index in [1.54, 1.807) is 11.3 Å². The van der Waals surface area contributed by atoms with E-state index >= 15 is 0 Å². The van der Waals surface area contributed by atoms with Gasteiger partial charge in [-0.3, -0.25) is 0 Å². The summed E-state index contributed by atoms with van der Waals surface area (Å²) in [7, 11) is 0. The molecule has 1 aromatic heterocycles. The summed E-state index contributed by atoms with van der Waals surface area (Å²) in [4.78, 5) is 0.954. The van der Waals surface area contributed by atoms with Crippen molar-refractivity contribution < 1.29 is 9.84 Å². The number of benzene rings is 1. The first-order valence-corrected chi connectivity index (χ1v) is 7.09. The molecule has 1 unspecified atom stereocenters. The summed E-state index contributed by atoms with van der Waals surface area (Å²) in [5.41, 5.74) is 2.13. The fourth-order valence-electron chi connectivity index (χ4n) is 2.01. The van der Waals surface area contributed by atoms with Gasteiger partial charge in [0.2, 0.25) is 0 Å². The molecule has 3 rings (SSSR count). The fourth-order valence-corrected chi connectivity index (χ4v) is 3.47. The molecule has 0 bridgehead atoms. The van der Waals surface area contributed by atoms with E-state index in [4.69, 9.17) is 4.74 Å². The maximum absolute atomic E-state index is 10.3. The lowest BCUT2D eigenvalue weighted by molar-refractivity contribution is 0.224. The molecule has 0 saturated carbocycles. The van der Waals surface area contributed by atoms with Crippen LogP contribution >= 0.6 is 27.3 Å². The molecule has 2 aromatic rings. The van der Waals surface area contributed by atoms with Gasteiger partial charge in [-0.25, -0.2) is 0 Å². The van der Waals surface area contributed by atoms with E-state index in [0.29, 0.717) is 0 Å². The molecule has 2 nitrogen and oxygen atoms in total. The molecule has 0 amide bonds.